The Labute approximate surface area is 201 Å². The Morgan fingerprint density at radius 2 is 1.70 bits per heavy atom. The zero-order chi connectivity index (χ0) is 23.2. The Balaban J connectivity index is 1.46. The van der Waals surface area contributed by atoms with Crippen LogP contribution in [0.25, 0.3) is 6.08 Å². The summed E-state index contributed by atoms with van der Waals surface area (Å²) < 4.78 is 0. The fraction of sp³-hybridized carbons (Fsp3) is 0.333. The maximum Gasteiger partial charge on any atom is 0.266 e. The molecule has 0 unspecified atom stereocenters. The molecule has 6 heteroatoms. The average Bonchev–Trinajstić information content (AvgIpc) is 3.14. The average molecular weight is 461 g/mol. The number of carbonyl (C=O) groups excluding carboxylic acids is 1. The minimum atomic E-state index is 0.0128. The largest absolute Gasteiger partial charge is 0.378 e. The number of allylic oxidation sites excluding steroid dienone is 2. The van der Waals surface area contributed by atoms with Crippen molar-refractivity contribution in [2.75, 3.05) is 43.5 Å². The van der Waals surface area contributed by atoms with E-state index in [0.29, 0.717) is 11.4 Å². The van der Waals surface area contributed by atoms with Crippen LogP contribution in [0.1, 0.15) is 31.7 Å². The van der Waals surface area contributed by atoms with Crippen LogP contribution in [0.3, 0.4) is 0 Å². The van der Waals surface area contributed by atoms with Crippen LogP contribution in [0, 0.1) is 0 Å². The lowest BCUT2D eigenvalue weighted by Gasteiger charge is -2.28. The van der Waals surface area contributed by atoms with Crippen LogP contribution in [-0.2, 0) is 4.79 Å². The standard InChI is InChI=1S/C27H32N4OS/c1-4-31-26(32)25(10-8-9-21-11-15-23(16-12-21)29(2)3)33-27(31)28-22-13-17-24(18-14-22)30-19-6-5-7-20-30/h8-18H,4-7,19-20H2,1-3H3/b9-8+,25-10-,28-27?. The van der Waals surface area contributed by atoms with E-state index in [9.17, 15) is 4.79 Å². The third-order valence-electron chi connectivity index (χ3n) is 5.95. The van der Waals surface area contributed by atoms with E-state index in [4.69, 9.17) is 4.99 Å². The third kappa shape index (κ3) is 5.69. The van der Waals surface area contributed by atoms with E-state index in [2.05, 4.69) is 58.3 Å². The molecule has 0 bridgehead atoms. The summed E-state index contributed by atoms with van der Waals surface area (Å²) in [6.07, 6.45) is 9.70. The van der Waals surface area contributed by atoms with Gasteiger partial charge in [-0.1, -0.05) is 24.3 Å². The number of nitrogens with zero attached hydrogens (tertiary/aromatic N) is 4. The summed E-state index contributed by atoms with van der Waals surface area (Å²) in [6.45, 7) is 4.84. The molecule has 33 heavy (non-hydrogen) atoms. The highest BCUT2D eigenvalue weighted by Crippen LogP contribution is 2.33. The fourth-order valence-electron chi connectivity index (χ4n) is 4.02. The number of hydrogen-bond acceptors (Lipinski definition) is 5. The number of anilines is 2. The molecule has 2 aliphatic heterocycles. The maximum atomic E-state index is 12.9. The summed E-state index contributed by atoms with van der Waals surface area (Å²) in [7, 11) is 4.06. The summed E-state index contributed by atoms with van der Waals surface area (Å²) in [5.41, 5.74) is 4.39. The normalized spacial score (nSPS) is 19.3. The van der Waals surface area contributed by atoms with Gasteiger partial charge in [-0.2, -0.15) is 0 Å². The number of amides is 1. The number of hydrogen-bond donors (Lipinski definition) is 0. The number of rotatable bonds is 6. The number of aliphatic imine (C=N–C) groups is 1. The Morgan fingerprint density at radius 1 is 1.00 bits per heavy atom. The van der Waals surface area contributed by atoms with Gasteiger partial charge in [0.2, 0.25) is 0 Å². The Morgan fingerprint density at radius 3 is 2.33 bits per heavy atom. The Bertz CT molecular complexity index is 1050. The van der Waals surface area contributed by atoms with Crippen molar-refractivity contribution in [2.24, 2.45) is 4.99 Å². The van der Waals surface area contributed by atoms with Crippen molar-refractivity contribution >= 4 is 46.0 Å². The molecule has 0 aliphatic carbocycles. The smallest absolute Gasteiger partial charge is 0.266 e. The summed E-state index contributed by atoms with van der Waals surface area (Å²) in [5.74, 6) is 0.0128. The molecule has 2 fully saturated rings. The molecular weight excluding hydrogens is 428 g/mol. The first-order valence-electron chi connectivity index (χ1n) is 11.6. The van der Waals surface area contributed by atoms with Gasteiger partial charge in [0.05, 0.1) is 10.6 Å². The Kier molecular flexibility index (Phi) is 7.55. The first kappa shape index (κ1) is 23.2. The number of likely N-dealkylation sites (N-methyl/N-ethyl adjacent to an activating group) is 1. The number of amidine groups is 1. The maximum absolute atomic E-state index is 12.9. The first-order chi connectivity index (χ1) is 16.0. The van der Waals surface area contributed by atoms with Crippen molar-refractivity contribution in [3.8, 4) is 0 Å². The molecule has 172 valence electrons. The van der Waals surface area contributed by atoms with Crippen LogP contribution in [-0.4, -0.2) is 49.7 Å². The van der Waals surface area contributed by atoms with E-state index in [0.717, 1.165) is 35.2 Å². The first-order valence-corrected chi connectivity index (χ1v) is 12.5. The summed E-state index contributed by atoms with van der Waals surface area (Å²) in [5, 5.41) is 0.739. The van der Waals surface area contributed by atoms with Gasteiger partial charge in [-0.25, -0.2) is 4.99 Å². The molecular formula is C27H32N4OS. The highest BCUT2D eigenvalue weighted by atomic mass is 32.2. The van der Waals surface area contributed by atoms with Crippen LogP contribution in [0.2, 0.25) is 0 Å². The van der Waals surface area contributed by atoms with Crippen molar-refractivity contribution in [1.82, 2.24) is 4.90 Å². The molecule has 5 nitrogen and oxygen atoms in total. The van der Waals surface area contributed by atoms with Gasteiger partial charge >= 0.3 is 0 Å². The fourth-order valence-corrected chi connectivity index (χ4v) is 5.03. The van der Waals surface area contributed by atoms with Crippen LogP contribution >= 0.6 is 11.8 Å². The second-order valence-electron chi connectivity index (χ2n) is 8.49. The molecule has 0 atom stereocenters. The topological polar surface area (TPSA) is 39.2 Å². The van der Waals surface area contributed by atoms with Crippen molar-refractivity contribution in [1.29, 1.82) is 0 Å². The predicted molar refractivity (Wildman–Crippen MR) is 142 cm³/mol. The summed E-state index contributed by atoms with van der Waals surface area (Å²) in [4.78, 5) is 24.6. The monoisotopic (exact) mass is 460 g/mol. The molecule has 4 rings (SSSR count). The Hall–Kier alpha value is -2.99. The highest BCUT2D eigenvalue weighted by molar-refractivity contribution is 8.18. The van der Waals surface area contributed by atoms with Crippen LogP contribution < -0.4 is 9.80 Å². The van der Waals surface area contributed by atoms with E-state index in [-0.39, 0.29) is 5.91 Å². The highest BCUT2D eigenvalue weighted by Gasteiger charge is 2.31. The van der Waals surface area contributed by atoms with Crippen molar-refractivity contribution in [2.45, 2.75) is 26.2 Å². The molecule has 0 aromatic heterocycles. The molecule has 2 saturated heterocycles. The lowest BCUT2D eigenvalue weighted by atomic mass is 10.1. The minimum Gasteiger partial charge on any atom is -0.378 e. The van der Waals surface area contributed by atoms with Crippen LogP contribution in [0.15, 0.2) is 70.6 Å². The second kappa shape index (κ2) is 10.8. The van der Waals surface area contributed by atoms with Gasteiger partial charge in [0, 0.05) is 45.1 Å². The van der Waals surface area contributed by atoms with Crippen molar-refractivity contribution < 1.29 is 4.79 Å². The molecule has 2 aromatic carbocycles. The lowest BCUT2D eigenvalue weighted by Crippen LogP contribution is -2.29. The third-order valence-corrected chi connectivity index (χ3v) is 6.97. The van der Waals surface area contributed by atoms with E-state index in [1.165, 1.54) is 36.7 Å². The molecule has 1 amide bonds. The summed E-state index contributed by atoms with van der Waals surface area (Å²) in [6, 6.07) is 16.7. The summed E-state index contributed by atoms with van der Waals surface area (Å²) >= 11 is 1.44. The van der Waals surface area contributed by atoms with Gasteiger partial charge in [0.15, 0.2) is 5.17 Å². The molecule has 2 aliphatic rings. The molecule has 2 aromatic rings. The quantitative estimate of drug-likeness (QED) is 0.502. The molecule has 0 radical (unpaired) electrons. The van der Waals surface area contributed by atoms with Gasteiger partial charge in [0.1, 0.15) is 0 Å². The molecule has 0 saturated carbocycles. The number of carbonyl (C=O) groups is 1. The van der Waals surface area contributed by atoms with Gasteiger partial charge in [-0.05, 0) is 86.0 Å². The van der Waals surface area contributed by atoms with Crippen molar-refractivity contribution in [3.05, 3.63) is 71.2 Å². The van der Waals surface area contributed by atoms with E-state index < -0.39 is 0 Å². The van der Waals surface area contributed by atoms with Crippen LogP contribution in [0.5, 0.6) is 0 Å². The van der Waals surface area contributed by atoms with Gasteiger partial charge in [-0.3, -0.25) is 9.69 Å². The molecule has 2 heterocycles. The second-order valence-corrected chi connectivity index (χ2v) is 9.50. The number of benzene rings is 2. The zero-order valence-corrected chi connectivity index (χ0v) is 20.5. The van der Waals surface area contributed by atoms with Crippen molar-refractivity contribution in [3.63, 3.8) is 0 Å². The van der Waals surface area contributed by atoms with E-state index in [1.54, 1.807) is 4.90 Å². The van der Waals surface area contributed by atoms with E-state index in [1.807, 2.05) is 39.2 Å². The number of piperidine rings is 1. The van der Waals surface area contributed by atoms with Gasteiger partial charge in [0.25, 0.3) is 5.91 Å². The number of thioether (sulfide) groups is 1. The predicted octanol–water partition coefficient (Wildman–Crippen LogP) is 5.92. The molecule has 0 spiro atoms. The van der Waals surface area contributed by atoms with E-state index >= 15 is 0 Å². The van der Waals surface area contributed by atoms with Gasteiger partial charge < -0.3 is 9.80 Å². The van der Waals surface area contributed by atoms with Gasteiger partial charge in [-0.15, -0.1) is 0 Å². The zero-order valence-electron chi connectivity index (χ0n) is 19.7. The lowest BCUT2D eigenvalue weighted by molar-refractivity contribution is -0.122. The SMILES string of the molecule is CCN1C(=O)/C(=C/C=C/c2ccc(N(C)C)cc2)SC1=Nc1ccc(N2CCCCC2)cc1. The minimum absolute atomic E-state index is 0.0128. The molecule has 0 N–H and O–H groups in total. The van der Waals surface area contributed by atoms with Crippen LogP contribution in [0.4, 0.5) is 17.1 Å².